The second kappa shape index (κ2) is 4.59. The van der Waals surface area contributed by atoms with Gasteiger partial charge in [0.2, 0.25) is 0 Å². The van der Waals surface area contributed by atoms with Gasteiger partial charge in [-0.1, -0.05) is 15.9 Å². The third-order valence-corrected chi connectivity index (χ3v) is 2.70. The molecular weight excluding hydrogens is 280 g/mol. The molecule has 0 aliphatic rings. The van der Waals surface area contributed by atoms with Gasteiger partial charge in [0.25, 0.3) is 0 Å². The first-order valence-electron chi connectivity index (χ1n) is 4.65. The van der Waals surface area contributed by atoms with Gasteiger partial charge in [-0.15, -0.1) is 0 Å². The number of halogens is 3. The van der Waals surface area contributed by atoms with Gasteiger partial charge in [-0.25, -0.2) is 8.78 Å². The standard InChI is InChI=1S/C11H12BrF2NO/c1-11(2,15)6-3-7(13)10(8(14)4-6)9(16)5-12/h3-4H,5,15H2,1-2H3. The second-order valence-electron chi connectivity index (χ2n) is 4.09. The van der Waals surface area contributed by atoms with Crippen LogP contribution in [0.2, 0.25) is 0 Å². The van der Waals surface area contributed by atoms with Crippen LogP contribution >= 0.6 is 15.9 Å². The first kappa shape index (κ1) is 13.3. The minimum absolute atomic E-state index is 0.119. The van der Waals surface area contributed by atoms with Crippen molar-refractivity contribution in [3.05, 3.63) is 34.9 Å². The van der Waals surface area contributed by atoms with Gasteiger partial charge in [-0.2, -0.15) is 0 Å². The number of hydrogen-bond acceptors (Lipinski definition) is 2. The summed E-state index contributed by atoms with van der Waals surface area (Å²) in [5.41, 5.74) is 4.67. The quantitative estimate of drug-likeness (QED) is 0.687. The molecule has 0 spiro atoms. The van der Waals surface area contributed by atoms with Crippen LogP contribution in [0.3, 0.4) is 0 Å². The number of Topliss-reactive ketones (excluding diaryl/α,β-unsaturated/α-hetero) is 1. The van der Waals surface area contributed by atoms with Crippen molar-refractivity contribution < 1.29 is 13.6 Å². The summed E-state index contributed by atoms with van der Waals surface area (Å²) in [7, 11) is 0. The zero-order valence-corrected chi connectivity index (χ0v) is 10.6. The van der Waals surface area contributed by atoms with E-state index in [2.05, 4.69) is 15.9 Å². The fourth-order valence-electron chi connectivity index (χ4n) is 1.28. The van der Waals surface area contributed by atoms with Crippen molar-refractivity contribution in [1.82, 2.24) is 0 Å². The van der Waals surface area contributed by atoms with Crippen LogP contribution in [0.5, 0.6) is 0 Å². The van der Waals surface area contributed by atoms with Crippen LogP contribution in [0.15, 0.2) is 12.1 Å². The maximum Gasteiger partial charge on any atom is 0.179 e. The molecule has 0 aromatic heterocycles. The van der Waals surface area contributed by atoms with Crippen LogP contribution in [0.25, 0.3) is 0 Å². The smallest absolute Gasteiger partial charge is 0.179 e. The number of carbonyl (C=O) groups excluding carboxylic acids is 1. The molecule has 16 heavy (non-hydrogen) atoms. The van der Waals surface area contributed by atoms with E-state index >= 15 is 0 Å². The van der Waals surface area contributed by atoms with E-state index in [9.17, 15) is 13.6 Å². The molecule has 0 bridgehead atoms. The highest BCUT2D eigenvalue weighted by Crippen LogP contribution is 2.23. The Kier molecular flexibility index (Phi) is 3.80. The fraction of sp³-hybridized carbons (Fsp3) is 0.364. The summed E-state index contributed by atoms with van der Waals surface area (Å²) in [5.74, 6) is -2.38. The molecule has 0 saturated heterocycles. The zero-order chi connectivity index (χ0) is 12.5. The van der Waals surface area contributed by atoms with E-state index in [0.717, 1.165) is 12.1 Å². The Morgan fingerprint density at radius 1 is 1.38 bits per heavy atom. The molecule has 0 fully saturated rings. The Hall–Kier alpha value is -0.810. The molecule has 1 aromatic rings. The molecule has 0 unspecified atom stereocenters. The van der Waals surface area contributed by atoms with E-state index in [1.807, 2.05) is 0 Å². The Morgan fingerprint density at radius 3 is 2.12 bits per heavy atom. The predicted molar refractivity (Wildman–Crippen MR) is 61.7 cm³/mol. The highest BCUT2D eigenvalue weighted by molar-refractivity contribution is 9.09. The summed E-state index contributed by atoms with van der Waals surface area (Å²) < 4.78 is 27.1. The topological polar surface area (TPSA) is 43.1 Å². The van der Waals surface area contributed by atoms with Crippen LogP contribution in [0.4, 0.5) is 8.78 Å². The van der Waals surface area contributed by atoms with Gasteiger partial charge in [0.15, 0.2) is 5.78 Å². The number of benzene rings is 1. The molecular formula is C11H12BrF2NO. The summed E-state index contributed by atoms with van der Waals surface area (Å²) in [4.78, 5) is 11.3. The van der Waals surface area contributed by atoms with E-state index in [4.69, 9.17) is 5.73 Å². The molecule has 0 radical (unpaired) electrons. The summed E-state index contributed by atoms with van der Waals surface area (Å²) in [6.45, 7) is 3.26. The average Bonchev–Trinajstić information content (AvgIpc) is 2.14. The molecule has 2 N–H and O–H groups in total. The van der Waals surface area contributed by atoms with Crippen molar-refractivity contribution >= 4 is 21.7 Å². The van der Waals surface area contributed by atoms with Gasteiger partial charge in [0, 0.05) is 5.54 Å². The third-order valence-electron chi connectivity index (χ3n) is 2.19. The molecule has 88 valence electrons. The molecule has 2 nitrogen and oxygen atoms in total. The summed E-state index contributed by atoms with van der Waals surface area (Å²) >= 11 is 2.87. The van der Waals surface area contributed by atoms with Gasteiger partial charge < -0.3 is 5.73 Å². The highest BCUT2D eigenvalue weighted by Gasteiger charge is 2.22. The van der Waals surface area contributed by atoms with E-state index < -0.39 is 28.5 Å². The van der Waals surface area contributed by atoms with E-state index in [0.29, 0.717) is 5.56 Å². The number of hydrogen-bond donors (Lipinski definition) is 1. The van der Waals surface area contributed by atoms with Crippen LogP contribution in [0, 0.1) is 11.6 Å². The number of carbonyl (C=O) groups is 1. The minimum atomic E-state index is -0.877. The summed E-state index contributed by atoms with van der Waals surface area (Å²) in [6.07, 6.45) is 0. The molecule has 0 heterocycles. The largest absolute Gasteiger partial charge is 0.322 e. The van der Waals surface area contributed by atoms with Crippen molar-refractivity contribution in [2.45, 2.75) is 19.4 Å². The number of alkyl halides is 1. The lowest BCUT2D eigenvalue weighted by molar-refractivity contribution is 0.101. The number of rotatable bonds is 3. The lowest BCUT2D eigenvalue weighted by Crippen LogP contribution is -2.29. The van der Waals surface area contributed by atoms with E-state index in [1.54, 1.807) is 13.8 Å². The first-order chi connectivity index (χ1) is 7.27. The number of nitrogens with two attached hydrogens (primary N) is 1. The SMILES string of the molecule is CC(C)(N)c1cc(F)c(C(=O)CBr)c(F)c1. The van der Waals surface area contributed by atoms with Crippen LogP contribution < -0.4 is 5.73 Å². The Balaban J connectivity index is 3.34. The van der Waals surface area contributed by atoms with Crippen molar-refractivity contribution in [3.8, 4) is 0 Å². The van der Waals surface area contributed by atoms with Crippen LogP contribution in [-0.2, 0) is 5.54 Å². The van der Waals surface area contributed by atoms with Crippen LogP contribution in [0.1, 0.15) is 29.8 Å². The first-order valence-corrected chi connectivity index (χ1v) is 5.77. The van der Waals surface area contributed by atoms with Crippen molar-refractivity contribution in [1.29, 1.82) is 0 Å². The maximum atomic E-state index is 13.5. The minimum Gasteiger partial charge on any atom is -0.322 e. The Bertz CT molecular complexity index is 403. The molecule has 1 rings (SSSR count). The van der Waals surface area contributed by atoms with Crippen molar-refractivity contribution in [2.24, 2.45) is 5.73 Å². The third kappa shape index (κ3) is 2.65. The van der Waals surface area contributed by atoms with Crippen LogP contribution in [-0.4, -0.2) is 11.1 Å². The lowest BCUT2D eigenvalue weighted by atomic mass is 9.93. The molecule has 0 aliphatic carbocycles. The molecule has 0 saturated carbocycles. The molecule has 0 aliphatic heterocycles. The predicted octanol–water partition coefficient (Wildman–Crippen LogP) is 2.74. The molecule has 1 aromatic carbocycles. The Labute approximate surface area is 101 Å². The molecule has 5 heteroatoms. The summed E-state index contributed by atoms with van der Waals surface area (Å²) in [5, 5.41) is -0.119. The average molecular weight is 292 g/mol. The Morgan fingerprint density at radius 2 is 1.81 bits per heavy atom. The number of ketones is 1. The van der Waals surface area contributed by atoms with E-state index in [-0.39, 0.29) is 5.33 Å². The van der Waals surface area contributed by atoms with Crippen molar-refractivity contribution in [2.75, 3.05) is 5.33 Å². The van der Waals surface area contributed by atoms with Gasteiger partial charge in [0.1, 0.15) is 11.6 Å². The zero-order valence-electron chi connectivity index (χ0n) is 8.98. The fourth-order valence-corrected chi connectivity index (χ4v) is 1.56. The normalized spacial score (nSPS) is 11.6. The van der Waals surface area contributed by atoms with Gasteiger partial charge >= 0.3 is 0 Å². The monoisotopic (exact) mass is 291 g/mol. The van der Waals surface area contributed by atoms with Gasteiger partial charge in [0.05, 0.1) is 10.9 Å². The molecule has 0 atom stereocenters. The van der Waals surface area contributed by atoms with Crippen molar-refractivity contribution in [3.63, 3.8) is 0 Å². The highest BCUT2D eigenvalue weighted by atomic mass is 79.9. The van der Waals surface area contributed by atoms with E-state index in [1.165, 1.54) is 0 Å². The second-order valence-corrected chi connectivity index (χ2v) is 4.65. The van der Waals surface area contributed by atoms with Gasteiger partial charge in [-0.3, -0.25) is 4.79 Å². The summed E-state index contributed by atoms with van der Waals surface area (Å²) in [6, 6.07) is 2.19. The maximum absolute atomic E-state index is 13.5. The van der Waals surface area contributed by atoms with Gasteiger partial charge in [-0.05, 0) is 31.5 Å². The lowest BCUT2D eigenvalue weighted by Gasteiger charge is -2.20. The molecule has 0 amide bonds.